The van der Waals surface area contributed by atoms with Gasteiger partial charge in [-0.3, -0.25) is 9.59 Å². The number of rotatable bonds is 4. The number of anilines is 1. The summed E-state index contributed by atoms with van der Waals surface area (Å²) in [6.45, 7) is 2.93. The summed E-state index contributed by atoms with van der Waals surface area (Å²) in [5.41, 5.74) is 0.464. The van der Waals surface area contributed by atoms with Crippen LogP contribution in [0.5, 0.6) is 0 Å². The standard InChI is InChI=1S/C17H21FN2O3/c1-12(21)13-8-10-20(11-9-13)17(23)7-6-16(22)19-15-4-2-14(18)3-5-15/h2-7,12-13,21H,8-11H2,1H3,(H,19,22)/b7-6+. The van der Waals surface area contributed by atoms with Gasteiger partial charge in [0.15, 0.2) is 0 Å². The lowest BCUT2D eigenvalue weighted by atomic mass is 9.92. The monoisotopic (exact) mass is 320 g/mol. The minimum Gasteiger partial charge on any atom is -0.393 e. The molecule has 1 fully saturated rings. The molecule has 1 heterocycles. The van der Waals surface area contributed by atoms with Crippen molar-refractivity contribution >= 4 is 17.5 Å². The number of aliphatic hydroxyl groups is 1. The van der Waals surface area contributed by atoms with Crippen molar-refractivity contribution in [3.63, 3.8) is 0 Å². The maximum absolute atomic E-state index is 12.8. The summed E-state index contributed by atoms with van der Waals surface area (Å²) in [7, 11) is 0. The van der Waals surface area contributed by atoms with Gasteiger partial charge < -0.3 is 15.3 Å². The molecule has 1 aromatic carbocycles. The quantitative estimate of drug-likeness (QED) is 0.833. The molecular formula is C17H21FN2O3. The van der Waals surface area contributed by atoms with Gasteiger partial charge in [0.25, 0.3) is 0 Å². The van der Waals surface area contributed by atoms with E-state index in [-0.39, 0.29) is 23.7 Å². The van der Waals surface area contributed by atoms with Crippen LogP contribution in [-0.4, -0.2) is 41.0 Å². The molecule has 0 bridgehead atoms. The third-order valence-electron chi connectivity index (χ3n) is 4.02. The van der Waals surface area contributed by atoms with Crippen LogP contribution in [0.25, 0.3) is 0 Å². The number of likely N-dealkylation sites (tertiary alicyclic amines) is 1. The van der Waals surface area contributed by atoms with Gasteiger partial charge in [0.1, 0.15) is 5.82 Å². The SMILES string of the molecule is CC(O)C1CCN(C(=O)/C=C/C(=O)Nc2ccc(F)cc2)CC1. The maximum Gasteiger partial charge on any atom is 0.248 e. The minimum atomic E-state index is -0.441. The fraction of sp³-hybridized carbons (Fsp3) is 0.412. The molecule has 0 radical (unpaired) electrons. The predicted molar refractivity (Wildman–Crippen MR) is 85.2 cm³/mol. The molecule has 2 N–H and O–H groups in total. The molecule has 1 unspecified atom stereocenters. The van der Waals surface area contributed by atoms with E-state index in [1.165, 1.54) is 36.4 Å². The molecule has 0 spiro atoms. The second-order valence-electron chi connectivity index (χ2n) is 5.73. The molecule has 6 heteroatoms. The van der Waals surface area contributed by atoms with Gasteiger partial charge in [-0.2, -0.15) is 0 Å². The van der Waals surface area contributed by atoms with Crippen molar-refractivity contribution in [2.75, 3.05) is 18.4 Å². The number of aliphatic hydroxyl groups excluding tert-OH is 1. The largest absolute Gasteiger partial charge is 0.393 e. The molecule has 2 rings (SSSR count). The molecule has 5 nitrogen and oxygen atoms in total. The lowest BCUT2D eigenvalue weighted by molar-refractivity contribution is -0.128. The summed E-state index contributed by atoms with van der Waals surface area (Å²) in [5.74, 6) is -0.814. The lowest BCUT2D eigenvalue weighted by Gasteiger charge is -2.32. The van der Waals surface area contributed by atoms with Gasteiger partial charge in [0.2, 0.25) is 11.8 Å². The average molecular weight is 320 g/mol. The summed E-state index contributed by atoms with van der Waals surface area (Å²) in [4.78, 5) is 25.4. The molecule has 0 saturated carbocycles. The topological polar surface area (TPSA) is 69.6 Å². The van der Waals surface area contributed by atoms with Gasteiger partial charge >= 0.3 is 0 Å². The third-order valence-corrected chi connectivity index (χ3v) is 4.02. The lowest BCUT2D eigenvalue weighted by Crippen LogP contribution is -2.40. The Morgan fingerprint density at radius 2 is 1.87 bits per heavy atom. The van der Waals surface area contributed by atoms with E-state index >= 15 is 0 Å². The molecule has 1 aliphatic heterocycles. The third kappa shape index (κ3) is 5.17. The van der Waals surface area contributed by atoms with Crippen molar-refractivity contribution in [3.8, 4) is 0 Å². The molecule has 124 valence electrons. The van der Waals surface area contributed by atoms with Gasteiger partial charge in [0, 0.05) is 30.9 Å². The van der Waals surface area contributed by atoms with E-state index in [0.717, 1.165) is 12.8 Å². The Bertz CT molecular complexity index is 576. The Balaban J connectivity index is 1.81. The van der Waals surface area contributed by atoms with Gasteiger partial charge in [-0.1, -0.05) is 0 Å². The normalized spacial score (nSPS) is 17.3. The van der Waals surface area contributed by atoms with Crippen molar-refractivity contribution in [2.45, 2.75) is 25.9 Å². The van der Waals surface area contributed by atoms with Crippen molar-refractivity contribution in [3.05, 3.63) is 42.2 Å². The Morgan fingerprint density at radius 1 is 1.26 bits per heavy atom. The van der Waals surface area contributed by atoms with Gasteiger partial charge in [0.05, 0.1) is 6.10 Å². The molecule has 0 aliphatic carbocycles. The number of halogens is 1. The Morgan fingerprint density at radius 3 is 2.43 bits per heavy atom. The predicted octanol–water partition coefficient (Wildman–Crippen LogP) is 1.94. The molecule has 2 amide bonds. The number of hydrogen-bond donors (Lipinski definition) is 2. The smallest absolute Gasteiger partial charge is 0.248 e. The van der Waals surface area contributed by atoms with Crippen LogP contribution in [0.15, 0.2) is 36.4 Å². The van der Waals surface area contributed by atoms with E-state index in [0.29, 0.717) is 18.8 Å². The number of nitrogens with zero attached hydrogens (tertiary/aromatic N) is 1. The zero-order chi connectivity index (χ0) is 16.8. The second kappa shape index (κ2) is 7.87. The van der Waals surface area contributed by atoms with E-state index in [2.05, 4.69) is 5.32 Å². The highest BCUT2D eigenvalue weighted by molar-refractivity contribution is 6.03. The average Bonchev–Trinajstić information content (AvgIpc) is 2.55. The van der Waals surface area contributed by atoms with Crippen molar-refractivity contribution < 1.29 is 19.1 Å². The van der Waals surface area contributed by atoms with Crippen LogP contribution in [0.3, 0.4) is 0 Å². The first kappa shape index (κ1) is 17.1. The summed E-state index contributed by atoms with van der Waals surface area (Å²) >= 11 is 0. The Kier molecular flexibility index (Phi) is 5.87. The highest BCUT2D eigenvalue weighted by Crippen LogP contribution is 2.20. The summed E-state index contributed by atoms with van der Waals surface area (Å²) in [6, 6.07) is 5.39. The van der Waals surface area contributed by atoms with E-state index < -0.39 is 5.91 Å². The number of benzene rings is 1. The van der Waals surface area contributed by atoms with Crippen molar-refractivity contribution in [1.29, 1.82) is 0 Å². The van der Waals surface area contributed by atoms with E-state index in [1.807, 2.05) is 0 Å². The Hall–Kier alpha value is -2.21. The molecule has 1 saturated heterocycles. The number of amides is 2. The molecule has 23 heavy (non-hydrogen) atoms. The van der Waals surface area contributed by atoms with Gasteiger partial charge in [-0.25, -0.2) is 4.39 Å². The number of carbonyl (C=O) groups is 2. The number of nitrogens with one attached hydrogen (secondary N) is 1. The zero-order valence-electron chi connectivity index (χ0n) is 13.0. The molecule has 1 aromatic rings. The van der Waals surface area contributed by atoms with E-state index in [1.54, 1.807) is 11.8 Å². The maximum atomic E-state index is 12.8. The van der Waals surface area contributed by atoms with Crippen molar-refractivity contribution in [2.24, 2.45) is 5.92 Å². The zero-order valence-corrected chi connectivity index (χ0v) is 13.0. The first-order chi connectivity index (χ1) is 11.0. The summed E-state index contributed by atoms with van der Waals surface area (Å²) in [5, 5.41) is 12.1. The highest BCUT2D eigenvalue weighted by Gasteiger charge is 2.24. The number of carbonyl (C=O) groups excluding carboxylic acids is 2. The Labute approximate surface area is 134 Å². The molecule has 0 aromatic heterocycles. The van der Waals surface area contributed by atoms with Crippen LogP contribution in [0.1, 0.15) is 19.8 Å². The van der Waals surface area contributed by atoms with Crippen LogP contribution in [0.2, 0.25) is 0 Å². The summed E-state index contributed by atoms with van der Waals surface area (Å²) < 4.78 is 12.8. The fourth-order valence-corrected chi connectivity index (χ4v) is 2.57. The fourth-order valence-electron chi connectivity index (χ4n) is 2.57. The van der Waals surface area contributed by atoms with Crippen molar-refractivity contribution in [1.82, 2.24) is 4.90 Å². The number of hydrogen-bond acceptors (Lipinski definition) is 3. The van der Waals surface area contributed by atoms with Crippen LogP contribution in [0, 0.1) is 11.7 Å². The second-order valence-corrected chi connectivity index (χ2v) is 5.73. The molecular weight excluding hydrogens is 299 g/mol. The van der Waals surface area contributed by atoms with Crippen LogP contribution < -0.4 is 5.32 Å². The van der Waals surface area contributed by atoms with Crippen LogP contribution >= 0.6 is 0 Å². The number of piperidine rings is 1. The first-order valence-electron chi connectivity index (χ1n) is 7.67. The van der Waals surface area contributed by atoms with Crippen LogP contribution in [0.4, 0.5) is 10.1 Å². The first-order valence-corrected chi connectivity index (χ1v) is 7.67. The molecule has 1 atom stereocenters. The van der Waals surface area contributed by atoms with E-state index in [9.17, 15) is 19.1 Å². The van der Waals surface area contributed by atoms with Gasteiger partial charge in [-0.15, -0.1) is 0 Å². The highest BCUT2D eigenvalue weighted by atomic mass is 19.1. The molecule has 1 aliphatic rings. The minimum absolute atomic E-state index is 0.219. The van der Waals surface area contributed by atoms with Crippen LogP contribution in [-0.2, 0) is 9.59 Å². The van der Waals surface area contributed by atoms with Gasteiger partial charge in [-0.05, 0) is 49.9 Å². The van der Waals surface area contributed by atoms with E-state index in [4.69, 9.17) is 0 Å². The summed E-state index contributed by atoms with van der Waals surface area (Å²) in [6.07, 6.45) is 3.58.